The maximum absolute atomic E-state index is 14.0. The summed E-state index contributed by atoms with van der Waals surface area (Å²) in [6.45, 7) is 4.32. The fourth-order valence-corrected chi connectivity index (χ4v) is 5.95. The first-order valence-electron chi connectivity index (χ1n) is 11.3. The van der Waals surface area contributed by atoms with Gasteiger partial charge in [0.25, 0.3) is 5.91 Å². The van der Waals surface area contributed by atoms with Crippen molar-refractivity contribution in [2.45, 2.75) is 43.9 Å². The highest BCUT2D eigenvalue weighted by molar-refractivity contribution is 7.91. The monoisotopic (exact) mass is 518 g/mol. The summed E-state index contributed by atoms with van der Waals surface area (Å²) in [5, 5.41) is 4.83. The van der Waals surface area contributed by atoms with Gasteiger partial charge in [-0.15, -0.1) is 11.3 Å². The summed E-state index contributed by atoms with van der Waals surface area (Å²) in [5.41, 5.74) is 3.33. The van der Waals surface area contributed by atoms with E-state index in [1.54, 1.807) is 40.6 Å². The molecule has 0 bridgehead atoms. The van der Waals surface area contributed by atoms with Gasteiger partial charge < -0.3 is 10.2 Å². The number of pyridine rings is 1. The van der Waals surface area contributed by atoms with Crippen LogP contribution in [0.2, 0.25) is 0 Å². The SMILES string of the molecule is Cc1ccsc1-c1cnc(N2CCCC(F)(F)CC2)c(C(=O)Nc2cccc(S(C)(=N)=O)c2)c1C. The van der Waals surface area contributed by atoms with Crippen LogP contribution in [-0.4, -0.2) is 40.4 Å². The minimum atomic E-state index is -2.96. The molecule has 0 spiro atoms. The van der Waals surface area contributed by atoms with E-state index in [1.165, 1.54) is 12.3 Å². The molecule has 4 rings (SSSR count). The van der Waals surface area contributed by atoms with Crippen LogP contribution >= 0.6 is 11.3 Å². The van der Waals surface area contributed by atoms with Gasteiger partial charge in [-0.1, -0.05) is 6.07 Å². The summed E-state index contributed by atoms with van der Waals surface area (Å²) in [4.78, 5) is 21.3. The maximum Gasteiger partial charge on any atom is 0.259 e. The van der Waals surface area contributed by atoms with Gasteiger partial charge in [-0.05, 0) is 61.0 Å². The fourth-order valence-electron chi connectivity index (χ4n) is 4.26. The molecule has 0 aliphatic carbocycles. The fraction of sp³-hybridized carbons (Fsp3) is 0.360. The molecule has 1 amide bonds. The normalized spacial score (nSPS) is 17.5. The number of hydrogen-bond acceptors (Lipinski definition) is 6. The number of aromatic nitrogens is 1. The van der Waals surface area contributed by atoms with Crippen LogP contribution in [0.15, 0.2) is 46.8 Å². The van der Waals surface area contributed by atoms with Crippen molar-refractivity contribution in [1.82, 2.24) is 4.98 Å². The quantitative estimate of drug-likeness (QED) is 0.413. The molecule has 0 radical (unpaired) electrons. The van der Waals surface area contributed by atoms with Crippen molar-refractivity contribution in [2.75, 3.05) is 29.6 Å². The zero-order valence-electron chi connectivity index (χ0n) is 19.9. The van der Waals surface area contributed by atoms with E-state index in [1.807, 2.05) is 25.3 Å². The number of rotatable bonds is 5. The standard InChI is InChI=1S/C25H28F2N4O2S2/c1-16-8-13-34-22(16)20-15-29-23(31-11-5-9-25(26,27)10-12-31)21(17(20)2)24(32)30-18-6-4-7-19(14-18)35(3,28)33/h4,6-8,13-15,28H,5,9-12H2,1-3H3,(H,30,32). The number of thiophene rings is 1. The number of hydrogen-bond donors (Lipinski definition) is 2. The Balaban J connectivity index is 1.78. The molecule has 1 fully saturated rings. The molecule has 1 atom stereocenters. The molecule has 2 aromatic heterocycles. The molecule has 3 heterocycles. The van der Waals surface area contributed by atoms with Crippen molar-refractivity contribution in [3.05, 3.63) is 58.6 Å². The number of alkyl halides is 2. The van der Waals surface area contributed by atoms with Gasteiger partial charge in [0.15, 0.2) is 0 Å². The Kier molecular flexibility index (Phi) is 6.97. The molecule has 6 nitrogen and oxygen atoms in total. The Labute approximate surface area is 208 Å². The van der Waals surface area contributed by atoms with Crippen molar-refractivity contribution in [3.63, 3.8) is 0 Å². The predicted molar refractivity (Wildman–Crippen MR) is 137 cm³/mol. The number of halogens is 2. The van der Waals surface area contributed by atoms with E-state index < -0.39 is 21.6 Å². The molecular weight excluding hydrogens is 490 g/mol. The van der Waals surface area contributed by atoms with Crippen LogP contribution in [-0.2, 0) is 9.73 Å². The lowest BCUT2D eigenvalue weighted by atomic mass is 10.0. The molecular formula is C25H28F2N4O2S2. The third kappa shape index (κ3) is 5.54. The Bertz CT molecular complexity index is 1370. The molecule has 35 heavy (non-hydrogen) atoms. The zero-order valence-corrected chi connectivity index (χ0v) is 21.5. The first-order chi connectivity index (χ1) is 16.5. The predicted octanol–water partition coefficient (Wildman–Crippen LogP) is 6.34. The van der Waals surface area contributed by atoms with Crippen molar-refractivity contribution in [2.24, 2.45) is 0 Å². The number of nitrogens with zero attached hydrogens (tertiary/aromatic N) is 2. The zero-order chi connectivity index (χ0) is 25.4. The first kappa shape index (κ1) is 25.2. The summed E-state index contributed by atoms with van der Waals surface area (Å²) in [5.74, 6) is -2.78. The van der Waals surface area contributed by atoms with Crippen LogP contribution in [0.4, 0.5) is 20.3 Å². The van der Waals surface area contributed by atoms with Crippen LogP contribution < -0.4 is 10.2 Å². The molecule has 1 aliphatic heterocycles. The average Bonchev–Trinajstić information content (AvgIpc) is 3.11. The Morgan fingerprint density at radius 2 is 2.00 bits per heavy atom. The highest BCUT2D eigenvalue weighted by atomic mass is 32.2. The molecule has 10 heteroatoms. The van der Waals surface area contributed by atoms with Crippen molar-refractivity contribution in [3.8, 4) is 10.4 Å². The molecule has 1 aromatic carbocycles. The summed E-state index contributed by atoms with van der Waals surface area (Å²) in [6.07, 6.45) is 2.86. The topological polar surface area (TPSA) is 86.2 Å². The number of carbonyl (C=O) groups excluding carboxylic acids is 1. The highest BCUT2D eigenvalue weighted by Gasteiger charge is 2.33. The van der Waals surface area contributed by atoms with Gasteiger partial charge in [0, 0.05) is 59.4 Å². The lowest BCUT2D eigenvalue weighted by Gasteiger charge is -2.26. The van der Waals surface area contributed by atoms with E-state index in [9.17, 15) is 17.8 Å². The third-order valence-corrected chi connectivity index (χ3v) is 8.41. The molecule has 0 saturated carbocycles. The van der Waals surface area contributed by atoms with Gasteiger partial charge in [-0.3, -0.25) is 4.79 Å². The second-order valence-electron chi connectivity index (χ2n) is 8.95. The summed E-state index contributed by atoms with van der Waals surface area (Å²) in [7, 11) is -2.96. The van der Waals surface area contributed by atoms with E-state index in [0.29, 0.717) is 40.5 Å². The highest BCUT2D eigenvalue weighted by Crippen LogP contribution is 2.37. The van der Waals surface area contributed by atoms with E-state index in [0.717, 1.165) is 16.0 Å². The second-order valence-corrected chi connectivity index (χ2v) is 12.0. The van der Waals surface area contributed by atoms with Crippen LogP contribution in [0.5, 0.6) is 0 Å². The number of anilines is 2. The van der Waals surface area contributed by atoms with E-state index >= 15 is 0 Å². The number of nitrogens with one attached hydrogen (secondary N) is 2. The van der Waals surface area contributed by atoms with Gasteiger partial charge in [-0.25, -0.2) is 22.8 Å². The van der Waals surface area contributed by atoms with Crippen LogP contribution in [0.1, 0.15) is 40.7 Å². The lowest BCUT2D eigenvalue weighted by Crippen LogP contribution is -2.30. The van der Waals surface area contributed by atoms with Crippen LogP contribution in [0.3, 0.4) is 0 Å². The molecule has 186 valence electrons. The molecule has 1 aliphatic rings. The van der Waals surface area contributed by atoms with E-state index in [4.69, 9.17) is 4.78 Å². The van der Waals surface area contributed by atoms with Gasteiger partial charge in [0.2, 0.25) is 5.92 Å². The molecule has 1 unspecified atom stereocenters. The molecule has 3 aromatic rings. The number of amides is 1. The van der Waals surface area contributed by atoms with Gasteiger partial charge >= 0.3 is 0 Å². The summed E-state index contributed by atoms with van der Waals surface area (Å²) >= 11 is 1.55. The van der Waals surface area contributed by atoms with Crippen molar-refractivity contribution < 1.29 is 17.8 Å². The average molecular weight is 519 g/mol. The maximum atomic E-state index is 14.0. The minimum absolute atomic E-state index is 0.101. The molecule has 1 saturated heterocycles. The Morgan fingerprint density at radius 1 is 1.23 bits per heavy atom. The van der Waals surface area contributed by atoms with Gasteiger partial charge in [0.05, 0.1) is 15.3 Å². The first-order valence-corrected chi connectivity index (χ1v) is 14.1. The van der Waals surface area contributed by atoms with Crippen molar-refractivity contribution >= 4 is 38.5 Å². The number of benzene rings is 1. The Hall–Kier alpha value is -2.85. The van der Waals surface area contributed by atoms with Crippen LogP contribution in [0.25, 0.3) is 10.4 Å². The third-order valence-electron chi connectivity index (χ3n) is 6.21. The van der Waals surface area contributed by atoms with E-state index in [2.05, 4.69) is 10.3 Å². The number of carbonyl (C=O) groups is 1. The van der Waals surface area contributed by atoms with Crippen molar-refractivity contribution in [1.29, 1.82) is 4.78 Å². The minimum Gasteiger partial charge on any atom is -0.356 e. The van der Waals surface area contributed by atoms with Gasteiger partial charge in [-0.2, -0.15) is 0 Å². The van der Waals surface area contributed by atoms with Gasteiger partial charge in [0.1, 0.15) is 5.82 Å². The second kappa shape index (κ2) is 9.66. The molecule has 2 N–H and O–H groups in total. The number of aryl methyl sites for hydroxylation is 1. The summed E-state index contributed by atoms with van der Waals surface area (Å²) < 4.78 is 48.1. The lowest BCUT2D eigenvalue weighted by molar-refractivity contribution is -0.0102. The smallest absolute Gasteiger partial charge is 0.259 e. The largest absolute Gasteiger partial charge is 0.356 e. The van der Waals surface area contributed by atoms with E-state index in [-0.39, 0.29) is 19.4 Å². The van der Waals surface area contributed by atoms with Crippen LogP contribution in [0, 0.1) is 18.6 Å². The Morgan fingerprint density at radius 3 is 2.69 bits per heavy atom. The summed E-state index contributed by atoms with van der Waals surface area (Å²) in [6, 6.07) is 8.40.